The van der Waals surface area contributed by atoms with Gasteiger partial charge in [-0.05, 0) is 60.6 Å². The maximum Gasteiger partial charge on any atom is 0.264 e. The Labute approximate surface area is 177 Å². The highest BCUT2D eigenvalue weighted by Gasteiger charge is 2.21. The first-order valence-electron chi connectivity index (χ1n) is 8.83. The first kappa shape index (κ1) is 20.7. The van der Waals surface area contributed by atoms with Gasteiger partial charge in [0.05, 0.1) is 4.90 Å². The van der Waals surface area contributed by atoms with Crippen molar-refractivity contribution in [1.29, 1.82) is 0 Å². The molecule has 0 radical (unpaired) electrons. The van der Waals surface area contributed by atoms with Crippen molar-refractivity contribution in [2.24, 2.45) is 0 Å². The molecule has 0 bridgehead atoms. The fraction of sp³-hybridized carbons (Fsp3) is 0.111. The molecule has 0 aliphatic rings. The standard InChI is InChI=1S/C18H16N6O5S2/c1-11-10-17(20-12(2)19-11)24-30(25,26)14-8-6-13(7-9-14)23-31(27,28)16-5-3-4-15-18(16)22-29-21-15/h3-10,23H,1-2H3,(H,19,20,24). The molecule has 13 heteroatoms. The Hall–Kier alpha value is -3.58. The second-order valence-electron chi connectivity index (χ2n) is 6.57. The molecule has 0 amide bonds. The average Bonchev–Trinajstić information content (AvgIpc) is 3.15. The lowest BCUT2D eigenvalue weighted by Gasteiger charge is -2.11. The van der Waals surface area contributed by atoms with Gasteiger partial charge in [-0.1, -0.05) is 6.07 Å². The highest BCUT2D eigenvalue weighted by Crippen LogP contribution is 2.24. The summed E-state index contributed by atoms with van der Waals surface area (Å²) in [6.07, 6.45) is 0. The third-order valence-corrected chi connectivity index (χ3v) is 6.94. The summed E-state index contributed by atoms with van der Waals surface area (Å²) in [4.78, 5) is 7.98. The van der Waals surface area contributed by atoms with Gasteiger partial charge in [0.1, 0.15) is 22.1 Å². The molecular formula is C18H16N6O5S2. The Morgan fingerprint density at radius 2 is 1.58 bits per heavy atom. The van der Waals surface area contributed by atoms with E-state index in [0.717, 1.165) is 0 Å². The van der Waals surface area contributed by atoms with Crippen LogP contribution in [-0.4, -0.2) is 37.1 Å². The van der Waals surface area contributed by atoms with E-state index in [0.29, 0.717) is 17.0 Å². The molecule has 0 aliphatic heterocycles. The minimum Gasteiger partial charge on any atom is -0.280 e. The van der Waals surface area contributed by atoms with E-state index in [9.17, 15) is 16.8 Å². The van der Waals surface area contributed by atoms with E-state index in [2.05, 4.69) is 34.4 Å². The number of aryl methyl sites for hydroxylation is 2. The fourth-order valence-electron chi connectivity index (χ4n) is 2.88. The molecule has 0 saturated carbocycles. The second-order valence-corrected chi connectivity index (χ2v) is 9.90. The van der Waals surface area contributed by atoms with Gasteiger partial charge in [-0.25, -0.2) is 31.4 Å². The van der Waals surface area contributed by atoms with Crippen molar-refractivity contribution in [3.63, 3.8) is 0 Å². The first-order valence-corrected chi connectivity index (χ1v) is 11.8. The van der Waals surface area contributed by atoms with Crippen LogP contribution in [0.15, 0.2) is 63.0 Å². The summed E-state index contributed by atoms with van der Waals surface area (Å²) in [6, 6.07) is 11.2. The molecular weight excluding hydrogens is 444 g/mol. The van der Waals surface area contributed by atoms with Crippen LogP contribution in [0.3, 0.4) is 0 Å². The number of fused-ring (bicyclic) bond motifs is 1. The number of sulfonamides is 2. The molecule has 2 heterocycles. The molecule has 31 heavy (non-hydrogen) atoms. The summed E-state index contributed by atoms with van der Waals surface area (Å²) in [7, 11) is -7.94. The van der Waals surface area contributed by atoms with Gasteiger partial charge in [-0.3, -0.25) is 9.44 Å². The van der Waals surface area contributed by atoms with E-state index < -0.39 is 20.0 Å². The van der Waals surface area contributed by atoms with Crippen molar-refractivity contribution < 1.29 is 21.5 Å². The molecule has 0 spiro atoms. The summed E-state index contributed by atoms with van der Waals surface area (Å²) in [6.45, 7) is 3.38. The number of hydrogen-bond acceptors (Lipinski definition) is 9. The zero-order valence-electron chi connectivity index (χ0n) is 16.3. The van der Waals surface area contributed by atoms with Crippen molar-refractivity contribution in [3.05, 3.63) is 60.0 Å². The maximum absolute atomic E-state index is 12.7. The van der Waals surface area contributed by atoms with Crippen LogP contribution in [0.1, 0.15) is 11.5 Å². The Morgan fingerprint density at radius 1 is 0.839 bits per heavy atom. The van der Waals surface area contributed by atoms with Crippen LogP contribution in [0.5, 0.6) is 0 Å². The van der Waals surface area contributed by atoms with E-state index >= 15 is 0 Å². The lowest BCUT2D eigenvalue weighted by molar-refractivity contribution is 0.315. The number of hydrogen-bond donors (Lipinski definition) is 2. The minimum atomic E-state index is -4.01. The molecule has 2 aromatic heterocycles. The Balaban J connectivity index is 1.57. The van der Waals surface area contributed by atoms with Crippen LogP contribution < -0.4 is 9.44 Å². The molecule has 0 fully saturated rings. The van der Waals surface area contributed by atoms with Crippen LogP contribution in [0.25, 0.3) is 11.0 Å². The van der Waals surface area contributed by atoms with Crippen LogP contribution in [0, 0.1) is 13.8 Å². The van der Waals surface area contributed by atoms with Gasteiger partial charge in [0.15, 0.2) is 5.52 Å². The summed E-state index contributed by atoms with van der Waals surface area (Å²) < 4.78 is 60.1. The number of anilines is 2. The highest BCUT2D eigenvalue weighted by atomic mass is 32.2. The zero-order chi connectivity index (χ0) is 22.2. The Morgan fingerprint density at radius 3 is 2.29 bits per heavy atom. The smallest absolute Gasteiger partial charge is 0.264 e. The van der Waals surface area contributed by atoms with Gasteiger partial charge in [0.2, 0.25) is 0 Å². The SMILES string of the molecule is Cc1cc(NS(=O)(=O)c2ccc(NS(=O)(=O)c3cccc4nonc34)cc2)nc(C)n1. The summed E-state index contributed by atoms with van der Waals surface area (Å²) in [5.41, 5.74) is 1.17. The van der Waals surface area contributed by atoms with Gasteiger partial charge in [-0.15, -0.1) is 0 Å². The van der Waals surface area contributed by atoms with Crippen LogP contribution >= 0.6 is 0 Å². The second kappa shape index (κ2) is 7.59. The monoisotopic (exact) mass is 460 g/mol. The largest absolute Gasteiger partial charge is 0.280 e. The van der Waals surface area contributed by atoms with Gasteiger partial charge in [0.25, 0.3) is 20.0 Å². The molecule has 0 unspecified atom stereocenters. The number of rotatable bonds is 6. The van der Waals surface area contributed by atoms with Gasteiger partial charge < -0.3 is 0 Å². The lowest BCUT2D eigenvalue weighted by Crippen LogP contribution is -2.16. The average molecular weight is 460 g/mol. The lowest BCUT2D eigenvalue weighted by atomic mass is 10.3. The van der Waals surface area contributed by atoms with Crippen LogP contribution in [0.2, 0.25) is 0 Å². The van der Waals surface area contributed by atoms with Crippen LogP contribution in [0.4, 0.5) is 11.5 Å². The molecule has 4 aromatic rings. The van der Waals surface area contributed by atoms with Crippen molar-refractivity contribution in [2.75, 3.05) is 9.44 Å². The predicted octanol–water partition coefficient (Wildman–Crippen LogP) is 2.23. The number of aromatic nitrogens is 4. The van der Waals surface area contributed by atoms with E-state index in [-0.39, 0.29) is 26.8 Å². The van der Waals surface area contributed by atoms with Crippen LogP contribution in [-0.2, 0) is 20.0 Å². The van der Waals surface area contributed by atoms with Gasteiger partial charge >= 0.3 is 0 Å². The summed E-state index contributed by atoms with van der Waals surface area (Å²) in [5.74, 6) is 0.573. The minimum absolute atomic E-state index is 0.0628. The molecule has 2 N–H and O–H groups in total. The summed E-state index contributed by atoms with van der Waals surface area (Å²) >= 11 is 0. The Kier molecular flexibility index (Phi) is 5.07. The highest BCUT2D eigenvalue weighted by molar-refractivity contribution is 7.93. The van der Waals surface area contributed by atoms with E-state index in [4.69, 9.17) is 0 Å². The molecule has 160 valence electrons. The quantitative estimate of drug-likeness (QED) is 0.440. The normalized spacial score (nSPS) is 12.1. The fourth-order valence-corrected chi connectivity index (χ4v) is 5.08. The van der Waals surface area contributed by atoms with E-state index in [1.165, 1.54) is 42.5 Å². The molecule has 2 aromatic carbocycles. The number of benzene rings is 2. The number of nitrogens with zero attached hydrogens (tertiary/aromatic N) is 4. The molecule has 0 aliphatic carbocycles. The van der Waals surface area contributed by atoms with Crippen molar-refractivity contribution >= 4 is 42.6 Å². The topological polar surface area (TPSA) is 157 Å². The van der Waals surface area contributed by atoms with Crippen molar-refractivity contribution in [1.82, 2.24) is 20.3 Å². The summed E-state index contributed by atoms with van der Waals surface area (Å²) in [5, 5.41) is 7.24. The maximum atomic E-state index is 12.7. The van der Waals surface area contributed by atoms with Gasteiger partial charge in [-0.2, -0.15) is 0 Å². The molecule has 4 rings (SSSR count). The first-order chi connectivity index (χ1) is 14.6. The predicted molar refractivity (Wildman–Crippen MR) is 111 cm³/mol. The van der Waals surface area contributed by atoms with Gasteiger partial charge in [0, 0.05) is 17.4 Å². The molecule has 0 saturated heterocycles. The van der Waals surface area contributed by atoms with E-state index in [1.54, 1.807) is 19.9 Å². The third-order valence-electron chi connectivity index (χ3n) is 4.16. The number of nitrogens with one attached hydrogen (secondary N) is 2. The Bertz CT molecular complexity index is 1460. The zero-order valence-corrected chi connectivity index (χ0v) is 17.9. The van der Waals surface area contributed by atoms with Crippen molar-refractivity contribution in [3.8, 4) is 0 Å². The third kappa shape index (κ3) is 4.32. The molecule has 0 atom stereocenters. The molecule has 11 nitrogen and oxygen atoms in total. The van der Waals surface area contributed by atoms with Crippen molar-refractivity contribution in [2.45, 2.75) is 23.6 Å². The van der Waals surface area contributed by atoms with E-state index in [1.807, 2.05) is 0 Å².